The Morgan fingerprint density at radius 2 is 2.43 bits per heavy atom. The van der Waals surface area contributed by atoms with Crippen molar-refractivity contribution >= 4 is 28.8 Å². The summed E-state index contributed by atoms with van der Waals surface area (Å²) in [4.78, 5) is 12.6. The summed E-state index contributed by atoms with van der Waals surface area (Å²) in [7, 11) is 0. The molecule has 1 heterocycles. The van der Waals surface area contributed by atoms with Gasteiger partial charge in [0.25, 0.3) is 0 Å². The van der Waals surface area contributed by atoms with Crippen LogP contribution in [0.2, 0.25) is 0 Å². The van der Waals surface area contributed by atoms with Gasteiger partial charge in [0.2, 0.25) is 5.91 Å². The molecule has 2 rings (SSSR count). The SMILES string of the molecule is Cc1ccsc1C(Cl)C(=O)NC1CC1. The number of amides is 1. The van der Waals surface area contributed by atoms with Crippen molar-refractivity contribution in [3.8, 4) is 0 Å². The standard InChI is InChI=1S/C10H12ClNOS/c1-6-4-5-14-9(6)8(11)10(13)12-7-2-3-7/h4-5,7-8H,2-3H2,1H3,(H,12,13). The smallest absolute Gasteiger partial charge is 0.243 e. The number of nitrogens with one attached hydrogen (secondary N) is 1. The average molecular weight is 230 g/mol. The molecule has 0 aromatic carbocycles. The van der Waals surface area contributed by atoms with Crippen molar-refractivity contribution in [2.75, 3.05) is 0 Å². The molecule has 1 aliphatic carbocycles. The fraction of sp³-hybridized carbons (Fsp3) is 0.500. The van der Waals surface area contributed by atoms with Gasteiger partial charge in [-0.15, -0.1) is 22.9 Å². The minimum absolute atomic E-state index is 0.0558. The van der Waals surface area contributed by atoms with Crippen molar-refractivity contribution in [1.29, 1.82) is 0 Å². The fourth-order valence-corrected chi connectivity index (χ4v) is 2.55. The third-order valence-corrected chi connectivity index (χ3v) is 3.92. The summed E-state index contributed by atoms with van der Waals surface area (Å²) < 4.78 is 0. The third kappa shape index (κ3) is 2.10. The molecule has 0 saturated heterocycles. The maximum absolute atomic E-state index is 11.6. The topological polar surface area (TPSA) is 29.1 Å². The van der Waals surface area contributed by atoms with E-state index < -0.39 is 5.38 Å². The van der Waals surface area contributed by atoms with E-state index in [1.807, 2.05) is 18.4 Å². The normalized spacial score (nSPS) is 17.9. The highest BCUT2D eigenvalue weighted by molar-refractivity contribution is 7.10. The molecular weight excluding hydrogens is 218 g/mol. The lowest BCUT2D eigenvalue weighted by Crippen LogP contribution is -2.28. The highest BCUT2D eigenvalue weighted by Crippen LogP contribution is 2.30. The zero-order chi connectivity index (χ0) is 10.1. The number of carbonyl (C=O) groups excluding carboxylic acids is 1. The van der Waals surface area contributed by atoms with Crippen LogP contribution in [0.3, 0.4) is 0 Å². The molecule has 1 unspecified atom stereocenters. The molecule has 1 aromatic rings. The first kappa shape index (κ1) is 9.99. The first-order valence-corrected chi connectivity index (χ1v) is 5.98. The van der Waals surface area contributed by atoms with E-state index in [-0.39, 0.29) is 5.91 Å². The number of halogens is 1. The molecule has 0 aliphatic heterocycles. The summed E-state index contributed by atoms with van der Waals surface area (Å²) in [5, 5.41) is 4.35. The molecule has 1 amide bonds. The molecule has 14 heavy (non-hydrogen) atoms. The summed E-state index contributed by atoms with van der Waals surface area (Å²) in [6.07, 6.45) is 2.19. The molecular formula is C10H12ClNOS. The van der Waals surface area contributed by atoms with E-state index >= 15 is 0 Å². The van der Waals surface area contributed by atoms with Crippen molar-refractivity contribution < 1.29 is 4.79 Å². The minimum Gasteiger partial charge on any atom is -0.352 e. The van der Waals surface area contributed by atoms with Gasteiger partial charge in [-0.25, -0.2) is 0 Å². The molecule has 0 spiro atoms. The van der Waals surface area contributed by atoms with Crippen molar-refractivity contribution in [3.63, 3.8) is 0 Å². The van der Waals surface area contributed by atoms with Gasteiger partial charge in [-0.2, -0.15) is 0 Å². The Morgan fingerprint density at radius 1 is 1.71 bits per heavy atom. The van der Waals surface area contributed by atoms with Gasteiger partial charge in [-0.3, -0.25) is 4.79 Å². The van der Waals surface area contributed by atoms with E-state index in [0.29, 0.717) is 6.04 Å². The van der Waals surface area contributed by atoms with Gasteiger partial charge in [0.15, 0.2) is 0 Å². The highest BCUT2D eigenvalue weighted by atomic mass is 35.5. The van der Waals surface area contributed by atoms with E-state index in [1.165, 1.54) is 0 Å². The lowest BCUT2D eigenvalue weighted by molar-refractivity contribution is -0.120. The van der Waals surface area contributed by atoms with Crippen molar-refractivity contribution in [3.05, 3.63) is 21.9 Å². The highest BCUT2D eigenvalue weighted by Gasteiger charge is 2.28. The average Bonchev–Trinajstić information content (AvgIpc) is 2.86. The molecule has 0 bridgehead atoms. The van der Waals surface area contributed by atoms with Crippen LogP contribution in [-0.4, -0.2) is 11.9 Å². The number of aryl methyl sites for hydroxylation is 1. The van der Waals surface area contributed by atoms with Crippen LogP contribution in [0.4, 0.5) is 0 Å². The number of thiophene rings is 1. The first-order valence-electron chi connectivity index (χ1n) is 4.67. The van der Waals surface area contributed by atoms with Crippen molar-refractivity contribution in [2.24, 2.45) is 0 Å². The minimum atomic E-state index is -0.518. The lowest BCUT2D eigenvalue weighted by atomic mass is 10.2. The van der Waals surface area contributed by atoms with E-state index in [1.54, 1.807) is 11.3 Å². The van der Waals surface area contributed by atoms with E-state index in [9.17, 15) is 4.79 Å². The van der Waals surface area contributed by atoms with Crippen LogP contribution in [0.15, 0.2) is 11.4 Å². The summed E-state index contributed by atoms with van der Waals surface area (Å²) >= 11 is 7.61. The monoisotopic (exact) mass is 229 g/mol. The van der Waals surface area contributed by atoms with Gasteiger partial charge >= 0.3 is 0 Å². The number of carbonyl (C=O) groups is 1. The number of hydrogen-bond donors (Lipinski definition) is 1. The Labute approximate surface area is 92.3 Å². The molecule has 1 aliphatic rings. The van der Waals surface area contributed by atoms with Gasteiger partial charge in [-0.05, 0) is 36.8 Å². The molecule has 1 saturated carbocycles. The van der Waals surface area contributed by atoms with Crippen LogP contribution < -0.4 is 5.32 Å². The van der Waals surface area contributed by atoms with Crippen molar-refractivity contribution in [1.82, 2.24) is 5.32 Å². The summed E-state index contributed by atoms with van der Waals surface area (Å²) in [5.74, 6) is -0.0558. The Bertz CT molecular complexity index is 346. The number of alkyl halides is 1. The predicted octanol–water partition coefficient (Wildman–Crippen LogP) is 2.62. The van der Waals surface area contributed by atoms with Crippen LogP contribution >= 0.6 is 22.9 Å². The Balaban J connectivity index is 2.03. The fourth-order valence-electron chi connectivity index (χ4n) is 1.27. The van der Waals surface area contributed by atoms with Gasteiger partial charge in [0.05, 0.1) is 0 Å². The Hall–Kier alpha value is -0.540. The van der Waals surface area contributed by atoms with Gasteiger partial charge in [0.1, 0.15) is 5.38 Å². The Morgan fingerprint density at radius 3 is 2.93 bits per heavy atom. The molecule has 1 N–H and O–H groups in total. The van der Waals surface area contributed by atoms with Gasteiger partial charge in [0, 0.05) is 10.9 Å². The molecule has 0 radical (unpaired) electrons. The van der Waals surface area contributed by atoms with Crippen LogP contribution in [0.5, 0.6) is 0 Å². The largest absolute Gasteiger partial charge is 0.352 e. The second-order valence-electron chi connectivity index (χ2n) is 3.61. The van der Waals surface area contributed by atoms with E-state index in [2.05, 4.69) is 5.32 Å². The molecule has 76 valence electrons. The van der Waals surface area contributed by atoms with E-state index in [0.717, 1.165) is 23.3 Å². The zero-order valence-electron chi connectivity index (χ0n) is 7.92. The second kappa shape index (κ2) is 3.91. The van der Waals surface area contributed by atoms with E-state index in [4.69, 9.17) is 11.6 Å². The van der Waals surface area contributed by atoms with Crippen molar-refractivity contribution in [2.45, 2.75) is 31.2 Å². The van der Waals surface area contributed by atoms with Crippen LogP contribution in [0.1, 0.15) is 28.7 Å². The Kier molecular flexibility index (Phi) is 2.79. The molecule has 4 heteroatoms. The number of rotatable bonds is 3. The lowest BCUT2D eigenvalue weighted by Gasteiger charge is -2.08. The molecule has 1 aromatic heterocycles. The van der Waals surface area contributed by atoms with Crippen LogP contribution in [0.25, 0.3) is 0 Å². The maximum atomic E-state index is 11.6. The molecule has 2 nitrogen and oxygen atoms in total. The zero-order valence-corrected chi connectivity index (χ0v) is 9.49. The summed E-state index contributed by atoms with van der Waals surface area (Å²) in [5.41, 5.74) is 1.10. The quantitative estimate of drug-likeness (QED) is 0.794. The molecule has 1 fully saturated rings. The van der Waals surface area contributed by atoms with Crippen LogP contribution in [0, 0.1) is 6.92 Å². The van der Waals surface area contributed by atoms with Gasteiger partial charge < -0.3 is 5.32 Å². The number of hydrogen-bond acceptors (Lipinski definition) is 2. The second-order valence-corrected chi connectivity index (χ2v) is 5.00. The third-order valence-electron chi connectivity index (χ3n) is 2.29. The van der Waals surface area contributed by atoms with Gasteiger partial charge in [-0.1, -0.05) is 0 Å². The van der Waals surface area contributed by atoms with Crippen LogP contribution in [-0.2, 0) is 4.79 Å². The molecule has 1 atom stereocenters. The summed E-state index contributed by atoms with van der Waals surface area (Å²) in [6, 6.07) is 2.36. The summed E-state index contributed by atoms with van der Waals surface area (Å²) in [6.45, 7) is 1.98. The maximum Gasteiger partial charge on any atom is 0.243 e. The first-order chi connectivity index (χ1) is 6.68. The predicted molar refractivity (Wildman–Crippen MR) is 58.8 cm³/mol.